The summed E-state index contributed by atoms with van der Waals surface area (Å²) in [5.74, 6) is 1.30. The Bertz CT molecular complexity index is 340. The summed E-state index contributed by atoms with van der Waals surface area (Å²) < 4.78 is 20.6. The summed E-state index contributed by atoms with van der Waals surface area (Å²) in [6, 6.07) is 0.191. The molecule has 1 N–H and O–H groups in total. The summed E-state index contributed by atoms with van der Waals surface area (Å²) in [7, 11) is 3.33. The molecule has 0 aliphatic carbocycles. The van der Waals surface area contributed by atoms with Gasteiger partial charge in [0.05, 0.1) is 26.4 Å². The molecule has 0 saturated heterocycles. The summed E-state index contributed by atoms with van der Waals surface area (Å²) in [5, 5.41) is 7.26. The molecule has 1 rings (SSSR count). The van der Waals surface area contributed by atoms with Gasteiger partial charge in [0.15, 0.2) is 5.82 Å². The van der Waals surface area contributed by atoms with Crippen LogP contribution in [-0.2, 0) is 27.1 Å². The fraction of sp³-hybridized carbons (Fsp3) is 0.846. The highest BCUT2D eigenvalue weighted by atomic mass is 16.5. The second-order valence-electron chi connectivity index (χ2n) is 4.37. The normalized spacial score (nSPS) is 12.8. The number of aromatic nitrogens is 2. The van der Waals surface area contributed by atoms with Gasteiger partial charge in [-0.3, -0.25) is 0 Å². The molecule has 0 radical (unpaired) electrons. The van der Waals surface area contributed by atoms with Crippen LogP contribution >= 0.6 is 0 Å². The molecule has 0 amide bonds. The number of nitrogens with one attached hydrogen (secondary N) is 1. The number of methoxy groups -OCH3 is 2. The zero-order valence-corrected chi connectivity index (χ0v) is 12.6. The van der Waals surface area contributed by atoms with Crippen LogP contribution in [0.4, 0.5) is 0 Å². The fourth-order valence-electron chi connectivity index (χ4n) is 1.77. The highest BCUT2D eigenvalue weighted by Crippen LogP contribution is 2.03. The zero-order chi connectivity index (χ0) is 14.6. The SMILES string of the molecule is CCNC(COC)Cc1nc(CCOCCOC)no1. The average Bonchev–Trinajstić information content (AvgIpc) is 2.87. The van der Waals surface area contributed by atoms with E-state index in [1.807, 2.05) is 0 Å². The Balaban J connectivity index is 2.30. The number of rotatable bonds is 12. The first-order chi connectivity index (χ1) is 9.80. The molecule has 116 valence electrons. The summed E-state index contributed by atoms with van der Waals surface area (Å²) in [4.78, 5) is 4.35. The summed E-state index contributed by atoms with van der Waals surface area (Å²) >= 11 is 0. The molecule has 1 aromatic rings. The number of hydrogen-bond donors (Lipinski definition) is 1. The Morgan fingerprint density at radius 1 is 1.20 bits per heavy atom. The Kier molecular flexibility index (Phi) is 9.14. The predicted octanol–water partition coefficient (Wildman–Crippen LogP) is 0.442. The molecule has 0 aliphatic rings. The van der Waals surface area contributed by atoms with Crippen LogP contribution in [0.5, 0.6) is 0 Å². The molecule has 7 nitrogen and oxygen atoms in total. The molecule has 1 heterocycles. The molecule has 0 aromatic carbocycles. The van der Waals surface area contributed by atoms with Crippen LogP contribution < -0.4 is 5.32 Å². The third-order valence-corrected chi connectivity index (χ3v) is 2.69. The third-order valence-electron chi connectivity index (χ3n) is 2.69. The van der Waals surface area contributed by atoms with Gasteiger partial charge in [0.1, 0.15) is 0 Å². The lowest BCUT2D eigenvalue weighted by Crippen LogP contribution is -2.35. The second kappa shape index (κ2) is 10.7. The van der Waals surface area contributed by atoms with Crippen molar-refractivity contribution >= 4 is 0 Å². The maximum absolute atomic E-state index is 5.37. The number of hydrogen-bond acceptors (Lipinski definition) is 7. The fourth-order valence-corrected chi connectivity index (χ4v) is 1.77. The largest absolute Gasteiger partial charge is 0.383 e. The van der Waals surface area contributed by atoms with Crippen molar-refractivity contribution in [1.82, 2.24) is 15.5 Å². The first kappa shape index (κ1) is 17.0. The summed E-state index contributed by atoms with van der Waals surface area (Å²) in [5.41, 5.74) is 0. The monoisotopic (exact) mass is 287 g/mol. The van der Waals surface area contributed by atoms with Crippen molar-refractivity contribution in [3.05, 3.63) is 11.7 Å². The van der Waals surface area contributed by atoms with Crippen molar-refractivity contribution in [3.8, 4) is 0 Å². The Labute approximate surface area is 120 Å². The van der Waals surface area contributed by atoms with Gasteiger partial charge in [-0.05, 0) is 6.54 Å². The molecule has 0 saturated carbocycles. The Hall–Kier alpha value is -1.02. The highest BCUT2D eigenvalue weighted by molar-refractivity contribution is 4.90. The predicted molar refractivity (Wildman–Crippen MR) is 73.7 cm³/mol. The number of ether oxygens (including phenoxy) is 3. The van der Waals surface area contributed by atoms with Gasteiger partial charge < -0.3 is 24.1 Å². The van der Waals surface area contributed by atoms with E-state index in [2.05, 4.69) is 22.4 Å². The van der Waals surface area contributed by atoms with E-state index in [0.29, 0.717) is 51.0 Å². The van der Waals surface area contributed by atoms with Gasteiger partial charge in [-0.15, -0.1) is 0 Å². The van der Waals surface area contributed by atoms with Gasteiger partial charge in [0.2, 0.25) is 5.89 Å². The summed E-state index contributed by atoms with van der Waals surface area (Å²) in [6.07, 6.45) is 1.31. The smallest absolute Gasteiger partial charge is 0.228 e. The quantitative estimate of drug-likeness (QED) is 0.559. The molecule has 1 unspecified atom stereocenters. The first-order valence-electron chi connectivity index (χ1n) is 6.90. The van der Waals surface area contributed by atoms with Crippen LogP contribution in [-0.4, -0.2) is 63.4 Å². The maximum Gasteiger partial charge on any atom is 0.228 e. The first-order valence-corrected chi connectivity index (χ1v) is 6.90. The summed E-state index contributed by atoms with van der Waals surface area (Å²) in [6.45, 7) is 5.29. The Morgan fingerprint density at radius 3 is 2.75 bits per heavy atom. The molecule has 1 aromatic heterocycles. The van der Waals surface area contributed by atoms with E-state index in [9.17, 15) is 0 Å². The minimum atomic E-state index is 0.191. The van der Waals surface area contributed by atoms with E-state index in [1.54, 1.807) is 14.2 Å². The van der Waals surface area contributed by atoms with Gasteiger partial charge in [-0.2, -0.15) is 4.98 Å². The molecular formula is C13H25N3O4. The Morgan fingerprint density at radius 2 is 2.05 bits per heavy atom. The molecular weight excluding hydrogens is 262 g/mol. The third kappa shape index (κ3) is 6.95. The van der Waals surface area contributed by atoms with Crippen molar-refractivity contribution in [2.45, 2.75) is 25.8 Å². The molecule has 1 atom stereocenters. The van der Waals surface area contributed by atoms with Gasteiger partial charge >= 0.3 is 0 Å². The lowest BCUT2D eigenvalue weighted by atomic mass is 10.2. The standard InChI is InChI=1S/C13H25N3O4/c1-4-14-11(10-18-3)9-13-15-12(16-20-13)5-6-19-8-7-17-2/h11,14H,4-10H2,1-3H3. The molecule has 0 fully saturated rings. The molecule has 20 heavy (non-hydrogen) atoms. The van der Waals surface area contributed by atoms with Crippen molar-refractivity contribution in [2.75, 3.05) is 47.2 Å². The van der Waals surface area contributed by atoms with E-state index in [1.165, 1.54) is 0 Å². The van der Waals surface area contributed by atoms with Gasteiger partial charge in [-0.1, -0.05) is 12.1 Å². The van der Waals surface area contributed by atoms with Crippen LogP contribution in [0.3, 0.4) is 0 Å². The van der Waals surface area contributed by atoms with Crippen molar-refractivity contribution in [2.24, 2.45) is 0 Å². The van der Waals surface area contributed by atoms with Gasteiger partial charge in [0, 0.05) is 33.1 Å². The number of nitrogens with zero attached hydrogens (tertiary/aromatic N) is 2. The van der Waals surface area contributed by atoms with Crippen molar-refractivity contribution in [1.29, 1.82) is 0 Å². The maximum atomic E-state index is 5.37. The topological polar surface area (TPSA) is 78.6 Å². The number of likely N-dealkylation sites (N-methyl/N-ethyl adjacent to an activating group) is 1. The highest BCUT2D eigenvalue weighted by Gasteiger charge is 2.13. The van der Waals surface area contributed by atoms with E-state index < -0.39 is 0 Å². The van der Waals surface area contributed by atoms with E-state index in [0.717, 1.165) is 6.54 Å². The van der Waals surface area contributed by atoms with Crippen LogP contribution in [0, 0.1) is 0 Å². The minimum Gasteiger partial charge on any atom is -0.383 e. The van der Waals surface area contributed by atoms with Gasteiger partial charge in [0.25, 0.3) is 0 Å². The molecule has 7 heteroatoms. The average molecular weight is 287 g/mol. The zero-order valence-electron chi connectivity index (χ0n) is 12.6. The second-order valence-corrected chi connectivity index (χ2v) is 4.37. The lowest BCUT2D eigenvalue weighted by Gasteiger charge is -2.14. The van der Waals surface area contributed by atoms with Crippen molar-refractivity contribution in [3.63, 3.8) is 0 Å². The van der Waals surface area contributed by atoms with Crippen LogP contribution in [0.25, 0.3) is 0 Å². The van der Waals surface area contributed by atoms with Crippen LogP contribution in [0.15, 0.2) is 4.52 Å². The van der Waals surface area contributed by atoms with Crippen LogP contribution in [0.1, 0.15) is 18.6 Å². The van der Waals surface area contributed by atoms with Crippen molar-refractivity contribution < 1.29 is 18.7 Å². The molecule has 0 bridgehead atoms. The van der Waals surface area contributed by atoms with E-state index in [4.69, 9.17) is 18.7 Å². The minimum absolute atomic E-state index is 0.191. The van der Waals surface area contributed by atoms with E-state index >= 15 is 0 Å². The van der Waals surface area contributed by atoms with E-state index in [-0.39, 0.29) is 6.04 Å². The molecule has 0 aliphatic heterocycles. The molecule has 0 spiro atoms. The van der Waals surface area contributed by atoms with Gasteiger partial charge in [-0.25, -0.2) is 0 Å². The lowest BCUT2D eigenvalue weighted by molar-refractivity contribution is 0.0714. The van der Waals surface area contributed by atoms with Crippen LogP contribution in [0.2, 0.25) is 0 Å².